The topological polar surface area (TPSA) is 66.4 Å². The summed E-state index contributed by atoms with van der Waals surface area (Å²) in [6.07, 6.45) is -9.58. The Kier molecular flexibility index (Phi) is 0.773. The summed E-state index contributed by atoms with van der Waals surface area (Å²) < 4.78 is 126. The first-order valence-electron chi connectivity index (χ1n) is 11.4. The first kappa shape index (κ1) is 2.19. The van der Waals surface area contributed by atoms with Gasteiger partial charge < -0.3 is 19.1 Å². The van der Waals surface area contributed by atoms with Crippen LogP contribution in [0.1, 0.15) is 36.5 Å². The Bertz CT molecular complexity index is 679. The molecule has 0 saturated carbocycles. The van der Waals surface area contributed by atoms with E-state index in [0.717, 1.165) is 0 Å². The Labute approximate surface area is 108 Å². The van der Waals surface area contributed by atoms with E-state index in [1.807, 2.05) is 0 Å². The molecule has 0 unspecified atom stereocenters. The first-order valence-corrected chi connectivity index (χ1v) is 2.92. The van der Waals surface area contributed by atoms with Crippen LogP contribution in [0.4, 0.5) is 0 Å². The monoisotopic (exact) mass is 220 g/mol. The van der Waals surface area contributed by atoms with Crippen LogP contribution in [-0.2, 0) is 14.3 Å². The van der Waals surface area contributed by atoms with Crippen LogP contribution in [-0.4, -0.2) is 49.9 Å². The predicted molar refractivity (Wildman–Crippen MR) is 48.1 cm³/mol. The lowest BCUT2D eigenvalue weighted by atomic mass is 10.2. The third-order valence-corrected chi connectivity index (χ3v) is 0.680. The largest absolute Gasteiger partial charge is 0.550 e. The number of carboxylic acid groups (broad SMARTS) is 1. The van der Waals surface area contributed by atoms with Crippen LogP contribution in [0.2, 0.25) is 0 Å². The molecular formula is C9H17NO4. The number of carbonyl (C=O) groups is 2. The Hall–Kier alpha value is -1.10. The fourth-order valence-corrected chi connectivity index (χ4v) is 0.414. The third kappa shape index (κ3) is 7.54. The van der Waals surface area contributed by atoms with Crippen LogP contribution in [0.5, 0.6) is 0 Å². The van der Waals surface area contributed by atoms with Gasteiger partial charge in [0.15, 0.2) is 6.08 Å². The van der Waals surface area contributed by atoms with Gasteiger partial charge in [-0.25, -0.2) is 0 Å². The van der Waals surface area contributed by atoms with Crippen molar-refractivity contribution in [3.05, 3.63) is 0 Å². The average Bonchev–Trinajstić information content (AvgIpc) is 2.40. The van der Waals surface area contributed by atoms with Crippen molar-refractivity contribution >= 4 is 11.9 Å². The molecule has 0 fully saturated rings. The number of ether oxygens (including phenoxy) is 1. The molecule has 0 aromatic carbocycles. The zero-order valence-electron chi connectivity index (χ0n) is 23.6. The van der Waals surface area contributed by atoms with E-state index in [2.05, 4.69) is 4.74 Å². The zero-order chi connectivity index (χ0) is 25.9. The lowest BCUT2D eigenvalue weighted by Gasteiger charge is -2.28. The van der Waals surface area contributed by atoms with Gasteiger partial charge in [-0.1, -0.05) is 0 Å². The number of esters is 1. The normalized spacial score (nSPS) is 39.3. The molecule has 0 aromatic rings. The Balaban J connectivity index is 7.75. The van der Waals surface area contributed by atoms with Gasteiger partial charge in [0.25, 0.3) is 0 Å². The number of rotatable bonds is 5. The highest BCUT2D eigenvalue weighted by atomic mass is 16.5. The van der Waals surface area contributed by atoms with Gasteiger partial charge in [-0.3, -0.25) is 4.79 Å². The number of carboxylic acids is 1. The molecule has 0 aromatic heterocycles. The predicted octanol–water partition coefficient (Wildman–Crippen LogP) is -1.24. The van der Waals surface area contributed by atoms with Crippen LogP contribution in [0, 0.1) is 0 Å². The van der Waals surface area contributed by atoms with Crippen molar-refractivity contribution in [2.24, 2.45) is 0 Å². The van der Waals surface area contributed by atoms with Gasteiger partial charge in [0, 0.05) is 26.0 Å². The summed E-state index contributed by atoms with van der Waals surface area (Å²) in [5.74, 6) is -5.71. The summed E-state index contributed by atoms with van der Waals surface area (Å²) in [4.78, 5) is 23.1. The number of aliphatic carboxylic acids is 1. The zero-order valence-corrected chi connectivity index (χ0v) is 6.58. The van der Waals surface area contributed by atoms with Crippen LogP contribution in [0.25, 0.3) is 0 Å². The van der Waals surface area contributed by atoms with Gasteiger partial charge in [-0.2, -0.15) is 0 Å². The molecule has 1 atom stereocenters. The second-order valence-corrected chi connectivity index (χ2v) is 1.91. The summed E-state index contributed by atoms with van der Waals surface area (Å²) in [6.45, 7) is -22.4. The number of quaternary nitrogens is 1. The standard InChI is InChI=1S/C9H17NO4/c1-7(11)14-8(5-9(12)13)6-10(2,3)4/h8H,5-6H2,1-4H3/t8-/m0/s1/i1D3,2D3,3D3,4D3,5D2,6D2,8D. The van der Waals surface area contributed by atoms with Crippen LogP contribution in [0.15, 0.2) is 0 Å². The van der Waals surface area contributed by atoms with E-state index in [4.69, 9.17) is 23.3 Å². The number of nitrogens with zero attached hydrogens (tertiary/aromatic N) is 1. The molecule has 0 aliphatic heterocycles. The highest BCUT2D eigenvalue weighted by Crippen LogP contribution is 2.04. The Morgan fingerprint density at radius 2 is 2.29 bits per heavy atom. The van der Waals surface area contributed by atoms with E-state index >= 15 is 0 Å². The molecule has 82 valence electrons. The van der Waals surface area contributed by atoms with Crippen molar-refractivity contribution in [1.82, 2.24) is 0 Å². The molecule has 0 amide bonds. The molecule has 0 N–H and O–H groups in total. The van der Waals surface area contributed by atoms with E-state index < -0.39 is 63.2 Å². The van der Waals surface area contributed by atoms with Gasteiger partial charge in [0.2, 0.25) is 0 Å². The Morgan fingerprint density at radius 3 is 2.71 bits per heavy atom. The molecule has 0 radical (unpaired) electrons. The van der Waals surface area contributed by atoms with Crippen molar-refractivity contribution < 1.29 is 47.2 Å². The maximum Gasteiger partial charge on any atom is 0.303 e. The molecule has 0 rings (SSSR count). The summed E-state index contributed by atoms with van der Waals surface area (Å²) in [7, 11) is 0. The van der Waals surface area contributed by atoms with Gasteiger partial charge in [0.1, 0.15) is 6.50 Å². The molecule has 0 aliphatic carbocycles. The maximum absolute atomic E-state index is 11.8. The summed E-state index contributed by atoms with van der Waals surface area (Å²) >= 11 is 0. The van der Waals surface area contributed by atoms with Gasteiger partial charge in [0.05, 0.1) is 37.4 Å². The molecule has 5 nitrogen and oxygen atoms in total. The average molecular weight is 220 g/mol. The van der Waals surface area contributed by atoms with Gasteiger partial charge in [-0.05, 0) is 0 Å². The maximum atomic E-state index is 11.8. The lowest BCUT2D eigenvalue weighted by Crippen LogP contribution is -2.45. The van der Waals surface area contributed by atoms with E-state index in [1.165, 1.54) is 0 Å². The van der Waals surface area contributed by atoms with E-state index in [-0.39, 0.29) is 0 Å². The molecule has 0 heterocycles. The molecule has 0 bridgehead atoms. The number of hydrogen-bond acceptors (Lipinski definition) is 4. The van der Waals surface area contributed by atoms with Crippen molar-refractivity contribution in [2.45, 2.75) is 19.3 Å². The van der Waals surface area contributed by atoms with Crippen LogP contribution < -0.4 is 5.11 Å². The fraction of sp³-hybridized carbons (Fsp3) is 0.778. The number of hydrogen-bond donors (Lipinski definition) is 0. The summed E-state index contributed by atoms with van der Waals surface area (Å²) in [5.41, 5.74) is 0. The first-order chi connectivity index (χ1) is 13.1. The molecule has 14 heavy (non-hydrogen) atoms. The second-order valence-electron chi connectivity index (χ2n) is 1.91. The molecule has 0 saturated heterocycles. The molecule has 0 spiro atoms. The van der Waals surface area contributed by atoms with Gasteiger partial charge >= 0.3 is 5.97 Å². The van der Waals surface area contributed by atoms with E-state index in [1.54, 1.807) is 0 Å². The molecule has 0 aliphatic rings. The van der Waals surface area contributed by atoms with Crippen molar-refractivity contribution in [3.8, 4) is 0 Å². The Morgan fingerprint density at radius 1 is 1.64 bits per heavy atom. The number of likely N-dealkylation sites (N-methyl/N-ethyl adjacent to an activating group) is 1. The van der Waals surface area contributed by atoms with Crippen molar-refractivity contribution in [2.75, 3.05) is 27.4 Å². The minimum atomic E-state index is -4.99. The second kappa shape index (κ2) is 4.95. The van der Waals surface area contributed by atoms with Crippen molar-refractivity contribution in [1.29, 1.82) is 0 Å². The van der Waals surface area contributed by atoms with Crippen molar-refractivity contribution in [3.63, 3.8) is 0 Å². The van der Waals surface area contributed by atoms with Crippen LogP contribution in [0.3, 0.4) is 0 Å². The number of carbonyl (C=O) groups excluding carboxylic acids is 2. The van der Waals surface area contributed by atoms with E-state index in [0.29, 0.717) is 0 Å². The molecule has 5 heteroatoms. The third-order valence-electron chi connectivity index (χ3n) is 0.680. The van der Waals surface area contributed by atoms with Gasteiger partial charge in [-0.15, -0.1) is 0 Å². The molecular weight excluding hydrogens is 186 g/mol. The smallest absolute Gasteiger partial charge is 0.303 e. The fourth-order valence-electron chi connectivity index (χ4n) is 0.414. The quantitative estimate of drug-likeness (QED) is 0.429. The SMILES string of the molecule is [2H]C([2H])([2H])C(=O)O[C@@]([2H])(C([2H])([2H])C(=O)[O-])C([2H])([2H])[N+](C([2H])([2H])[2H])(C([2H])([2H])[2H])C([2H])([2H])[2H]. The van der Waals surface area contributed by atoms with Crippen LogP contribution >= 0.6 is 0 Å². The lowest BCUT2D eigenvalue weighted by molar-refractivity contribution is -0.873. The minimum Gasteiger partial charge on any atom is -0.550 e. The summed E-state index contributed by atoms with van der Waals surface area (Å²) in [5, 5.41) is 11.3. The van der Waals surface area contributed by atoms with E-state index in [9.17, 15) is 14.7 Å². The highest BCUT2D eigenvalue weighted by Gasteiger charge is 2.20. The highest BCUT2D eigenvalue weighted by molar-refractivity contribution is 5.68. The minimum absolute atomic E-state index is 2.64. The summed E-state index contributed by atoms with van der Waals surface area (Å²) in [6, 6.07) is 0.